The van der Waals surface area contributed by atoms with Crippen LogP contribution in [0.2, 0.25) is 0 Å². The topological polar surface area (TPSA) is 51.0 Å². The van der Waals surface area contributed by atoms with E-state index >= 15 is 0 Å². The number of nitrogens with zero attached hydrogens (tertiary/aromatic N) is 4. The molecule has 1 fully saturated rings. The largest absolute Gasteiger partial charge is 0.342 e. The highest BCUT2D eigenvalue weighted by Crippen LogP contribution is 2.34. The first-order valence-electron chi connectivity index (χ1n) is 8.03. The average Bonchev–Trinajstić information content (AvgIpc) is 2.81. The normalized spacial score (nSPS) is 22.3. The number of carbonyl (C=O) groups excluding carboxylic acids is 1. The molecule has 2 aromatic rings. The lowest BCUT2D eigenvalue weighted by molar-refractivity contribution is -0.133. The van der Waals surface area contributed by atoms with Gasteiger partial charge in [-0.05, 0) is 31.9 Å². The van der Waals surface area contributed by atoms with Crippen molar-refractivity contribution in [2.75, 3.05) is 13.1 Å². The maximum absolute atomic E-state index is 12.0. The highest BCUT2D eigenvalue weighted by atomic mass is 16.2. The van der Waals surface area contributed by atoms with Crippen LogP contribution in [0.4, 0.5) is 0 Å². The number of amides is 1. The summed E-state index contributed by atoms with van der Waals surface area (Å²) in [5.41, 5.74) is 2.93. The number of likely N-dealkylation sites (tertiary alicyclic amines) is 1. The van der Waals surface area contributed by atoms with Crippen LogP contribution in [-0.2, 0) is 17.3 Å². The molecule has 5 heteroatoms. The van der Waals surface area contributed by atoms with Crippen LogP contribution in [0.3, 0.4) is 0 Å². The van der Waals surface area contributed by atoms with Gasteiger partial charge in [0, 0.05) is 37.4 Å². The first-order chi connectivity index (χ1) is 10.4. The van der Waals surface area contributed by atoms with E-state index in [-0.39, 0.29) is 11.3 Å². The highest BCUT2D eigenvalue weighted by molar-refractivity contribution is 5.78. The number of hydrogen-bond acceptors (Lipinski definition) is 3. The predicted octanol–water partition coefficient (Wildman–Crippen LogP) is 2.57. The fourth-order valence-electron chi connectivity index (χ4n) is 3.52. The zero-order valence-electron chi connectivity index (χ0n) is 13.9. The van der Waals surface area contributed by atoms with E-state index in [1.807, 2.05) is 30.5 Å². The maximum Gasteiger partial charge on any atom is 0.222 e. The van der Waals surface area contributed by atoms with E-state index in [1.165, 1.54) is 0 Å². The molecule has 1 aliphatic heterocycles. The van der Waals surface area contributed by atoms with Gasteiger partial charge < -0.3 is 4.90 Å². The monoisotopic (exact) mass is 300 g/mol. The Morgan fingerprint density at radius 2 is 2.18 bits per heavy atom. The van der Waals surface area contributed by atoms with Crippen molar-refractivity contribution in [3.8, 4) is 0 Å². The number of fused-ring (bicyclic) bond motifs is 1. The van der Waals surface area contributed by atoms with Crippen molar-refractivity contribution < 1.29 is 4.79 Å². The third-order valence-corrected chi connectivity index (χ3v) is 4.84. The average molecular weight is 300 g/mol. The van der Waals surface area contributed by atoms with Gasteiger partial charge in [-0.25, -0.2) is 4.98 Å². The summed E-state index contributed by atoms with van der Waals surface area (Å²) in [6, 6.07) is 4.22. The minimum atomic E-state index is -0.0740. The molecule has 1 saturated heterocycles. The smallest absolute Gasteiger partial charge is 0.222 e. The van der Waals surface area contributed by atoms with E-state index in [9.17, 15) is 4.79 Å². The second-order valence-corrected chi connectivity index (χ2v) is 6.61. The molecule has 1 amide bonds. The van der Waals surface area contributed by atoms with Gasteiger partial charge in [0.05, 0.1) is 11.4 Å². The SMILES string of the molecule is CCC(=O)N1CCC[C@@](C)(c2ccc3c(C)nn(C)c3n2)C1. The Balaban J connectivity index is 1.98. The molecule has 0 N–H and O–H groups in total. The lowest BCUT2D eigenvalue weighted by Crippen LogP contribution is -2.47. The van der Waals surface area contributed by atoms with Gasteiger partial charge in [0.2, 0.25) is 5.91 Å². The molecule has 0 saturated carbocycles. The Morgan fingerprint density at radius 3 is 2.91 bits per heavy atom. The standard InChI is InChI=1S/C17H24N4O/c1-5-15(22)21-10-6-9-17(3,11-21)14-8-7-13-12(2)19-20(4)16(13)18-14/h7-8H,5-6,9-11H2,1-4H3/t17-/m1/s1. The van der Waals surface area contributed by atoms with Crippen LogP contribution in [0.1, 0.15) is 44.5 Å². The quantitative estimate of drug-likeness (QED) is 0.856. The van der Waals surface area contributed by atoms with Crippen LogP contribution >= 0.6 is 0 Å². The lowest BCUT2D eigenvalue weighted by Gasteiger charge is -2.40. The van der Waals surface area contributed by atoms with Crippen LogP contribution in [0.5, 0.6) is 0 Å². The van der Waals surface area contributed by atoms with Crippen molar-refractivity contribution in [1.29, 1.82) is 0 Å². The van der Waals surface area contributed by atoms with Crippen LogP contribution < -0.4 is 0 Å². The fourth-order valence-corrected chi connectivity index (χ4v) is 3.52. The zero-order chi connectivity index (χ0) is 15.9. The molecule has 0 aliphatic carbocycles. The number of piperidine rings is 1. The number of aryl methyl sites for hydroxylation is 2. The van der Waals surface area contributed by atoms with Gasteiger partial charge in [0.1, 0.15) is 0 Å². The summed E-state index contributed by atoms with van der Waals surface area (Å²) in [4.78, 5) is 18.9. The number of rotatable bonds is 2. The van der Waals surface area contributed by atoms with Crippen molar-refractivity contribution >= 4 is 16.9 Å². The number of carbonyl (C=O) groups is 1. The van der Waals surface area contributed by atoms with Crippen molar-refractivity contribution in [2.45, 2.75) is 45.4 Å². The van der Waals surface area contributed by atoms with Crippen LogP contribution in [0, 0.1) is 6.92 Å². The Labute approximate surface area is 131 Å². The van der Waals surface area contributed by atoms with E-state index in [1.54, 1.807) is 0 Å². The van der Waals surface area contributed by atoms with E-state index < -0.39 is 0 Å². The molecule has 0 bridgehead atoms. The van der Waals surface area contributed by atoms with Gasteiger partial charge in [-0.3, -0.25) is 9.48 Å². The van der Waals surface area contributed by atoms with Gasteiger partial charge in [0.15, 0.2) is 5.65 Å². The summed E-state index contributed by atoms with van der Waals surface area (Å²) in [5, 5.41) is 5.55. The molecule has 0 aromatic carbocycles. The first kappa shape index (κ1) is 15.0. The molecule has 118 valence electrons. The van der Waals surface area contributed by atoms with Gasteiger partial charge in [-0.2, -0.15) is 5.10 Å². The van der Waals surface area contributed by atoms with E-state index in [0.717, 1.165) is 48.4 Å². The summed E-state index contributed by atoms with van der Waals surface area (Å²) in [7, 11) is 1.93. The summed E-state index contributed by atoms with van der Waals surface area (Å²) in [6.07, 6.45) is 2.67. The molecule has 3 heterocycles. The predicted molar refractivity (Wildman–Crippen MR) is 86.7 cm³/mol. The minimum absolute atomic E-state index is 0.0740. The Morgan fingerprint density at radius 1 is 1.41 bits per heavy atom. The van der Waals surface area contributed by atoms with E-state index in [4.69, 9.17) is 4.98 Å². The highest BCUT2D eigenvalue weighted by Gasteiger charge is 2.35. The van der Waals surface area contributed by atoms with Crippen molar-refractivity contribution in [3.63, 3.8) is 0 Å². The fraction of sp³-hybridized carbons (Fsp3) is 0.588. The first-order valence-corrected chi connectivity index (χ1v) is 8.03. The molecular formula is C17H24N4O. The van der Waals surface area contributed by atoms with Crippen molar-refractivity contribution in [2.24, 2.45) is 7.05 Å². The number of aromatic nitrogens is 3. The second kappa shape index (κ2) is 5.38. The summed E-state index contributed by atoms with van der Waals surface area (Å²) < 4.78 is 1.84. The minimum Gasteiger partial charge on any atom is -0.342 e. The summed E-state index contributed by atoms with van der Waals surface area (Å²) in [5.74, 6) is 0.239. The Bertz CT molecular complexity index is 721. The van der Waals surface area contributed by atoms with Crippen molar-refractivity contribution in [1.82, 2.24) is 19.7 Å². The van der Waals surface area contributed by atoms with E-state index in [2.05, 4.69) is 24.2 Å². The molecule has 3 rings (SSSR count). The molecule has 0 unspecified atom stereocenters. The Hall–Kier alpha value is -1.91. The summed E-state index contributed by atoms with van der Waals surface area (Å²) in [6.45, 7) is 7.79. The van der Waals surface area contributed by atoms with Crippen LogP contribution in [0.15, 0.2) is 12.1 Å². The zero-order valence-corrected chi connectivity index (χ0v) is 13.9. The Kier molecular flexibility index (Phi) is 3.67. The van der Waals surface area contributed by atoms with Gasteiger partial charge in [0.25, 0.3) is 0 Å². The van der Waals surface area contributed by atoms with Gasteiger partial charge in [-0.15, -0.1) is 0 Å². The van der Waals surface area contributed by atoms with E-state index in [0.29, 0.717) is 6.42 Å². The molecular weight excluding hydrogens is 276 g/mol. The van der Waals surface area contributed by atoms with Gasteiger partial charge in [-0.1, -0.05) is 13.8 Å². The van der Waals surface area contributed by atoms with Crippen LogP contribution in [-0.4, -0.2) is 38.7 Å². The molecule has 1 atom stereocenters. The van der Waals surface area contributed by atoms with Crippen LogP contribution in [0.25, 0.3) is 11.0 Å². The molecule has 22 heavy (non-hydrogen) atoms. The van der Waals surface area contributed by atoms with Gasteiger partial charge >= 0.3 is 0 Å². The lowest BCUT2D eigenvalue weighted by atomic mass is 9.78. The molecule has 0 radical (unpaired) electrons. The second-order valence-electron chi connectivity index (χ2n) is 6.61. The number of pyridine rings is 1. The maximum atomic E-state index is 12.0. The third-order valence-electron chi connectivity index (χ3n) is 4.84. The molecule has 0 spiro atoms. The molecule has 1 aliphatic rings. The number of hydrogen-bond donors (Lipinski definition) is 0. The summed E-state index contributed by atoms with van der Waals surface area (Å²) >= 11 is 0. The molecule has 2 aromatic heterocycles. The van der Waals surface area contributed by atoms with Crippen molar-refractivity contribution in [3.05, 3.63) is 23.5 Å². The molecule has 5 nitrogen and oxygen atoms in total. The third kappa shape index (κ3) is 2.38.